The van der Waals surface area contributed by atoms with Gasteiger partial charge in [-0.15, -0.1) is 11.3 Å². The molecule has 9 heteroatoms. The van der Waals surface area contributed by atoms with Gasteiger partial charge in [0.25, 0.3) is 11.8 Å². The van der Waals surface area contributed by atoms with Gasteiger partial charge < -0.3 is 21.1 Å². The van der Waals surface area contributed by atoms with E-state index in [-0.39, 0.29) is 19.5 Å². The molecule has 0 aliphatic heterocycles. The van der Waals surface area contributed by atoms with Crippen molar-refractivity contribution in [3.63, 3.8) is 0 Å². The van der Waals surface area contributed by atoms with E-state index in [1.807, 2.05) is 79.7 Å². The summed E-state index contributed by atoms with van der Waals surface area (Å²) < 4.78 is 6.72. The van der Waals surface area contributed by atoms with Crippen molar-refractivity contribution in [3.05, 3.63) is 136 Å². The van der Waals surface area contributed by atoms with Crippen molar-refractivity contribution in [1.82, 2.24) is 15.5 Å². The van der Waals surface area contributed by atoms with Crippen molar-refractivity contribution in [3.8, 4) is 5.75 Å². The van der Waals surface area contributed by atoms with Crippen LogP contribution in [-0.2, 0) is 30.7 Å². The molecule has 0 radical (unpaired) electrons. The van der Waals surface area contributed by atoms with Crippen molar-refractivity contribution in [2.24, 2.45) is 5.73 Å². The number of benzene rings is 4. The number of nitrogens with two attached hydrogens (primary N) is 1. The zero-order valence-electron chi connectivity index (χ0n) is 25.8. The number of thiophene rings is 1. The van der Waals surface area contributed by atoms with E-state index in [9.17, 15) is 14.4 Å². The van der Waals surface area contributed by atoms with Crippen molar-refractivity contribution < 1.29 is 19.1 Å². The smallest absolute Gasteiger partial charge is 0.324 e. The van der Waals surface area contributed by atoms with Gasteiger partial charge in [-0.2, -0.15) is 0 Å². The molecule has 0 spiro atoms. The van der Waals surface area contributed by atoms with Crippen molar-refractivity contribution in [1.29, 1.82) is 0 Å². The number of fused-ring (bicyclic) bond motifs is 1. The third-order valence-electron chi connectivity index (χ3n) is 7.69. The van der Waals surface area contributed by atoms with E-state index in [4.69, 9.17) is 10.5 Å². The Morgan fingerprint density at radius 3 is 2.24 bits per heavy atom. The zero-order valence-corrected chi connectivity index (χ0v) is 26.6. The van der Waals surface area contributed by atoms with Gasteiger partial charge in [0.1, 0.15) is 11.8 Å². The lowest BCUT2D eigenvalue weighted by Crippen LogP contribution is -2.54. The molecule has 1 heterocycles. The molecular weight excluding hydrogens is 596 g/mol. The molecule has 0 fully saturated rings. The van der Waals surface area contributed by atoms with E-state index < -0.39 is 23.9 Å². The summed E-state index contributed by atoms with van der Waals surface area (Å²) in [6.45, 7) is 3.24. The molecule has 0 unspecified atom stereocenters. The molecule has 0 saturated heterocycles. The number of carbonyl (C=O) groups is 3. The molecule has 4 amide bonds. The molecule has 8 nitrogen and oxygen atoms in total. The lowest BCUT2D eigenvalue weighted by molar-refractivity contribution is -0.130. The molecule has 0 saturated carbocycles. The monoisotopic (exact) mass is 634 g/mol. The fraction of sp³-hybridized carbons (Fsp3) is 0.216. The van der Waals surface area contributed by atoms with Crippen LogP contribution < -0.4 is 21.1 Å². The van der Waals surface area contributed by atoms with Crippen LogP contribution in [0, 0.1) is 0 Å². The minimum absolute atomic E-state index is 0.137. The summed E-state index contributed by atoms with van der Waals surface area (Å²) >= 11 is 1.63. The van der Waals surface area contributed by atoms with Crippen molar-refractivity contribution in [2.75, 3.05) is 13.2 Å². The SMILES string of the molecule is CCOc1ccc(C[C@@H](NC(=O)c2ccccc2)C(=O)N(CCc2csc3ccccc23)C(=O)NCc2ccc(CN)cc2)cc1. The van der Waals surface area contributed by atoms with Gasteiger partial charge >= 0.3 is 6.03 Å². The normalized spacial score (nSPS) is 11.5. The molecule has 1 atom stereocenters. The highest BCUT2D eigenvalue weighted by Crippen LogP contribution is 2.26. The zero-order chi connectivity index (χ0) is 32.3. The average molecular weight is 635 g/mol. The van der Waals surface area contributed by atoms with Crippen LogP contribution in [0.3, 0.4) is 0 Å². The predicted molar refractivity (Wildman–Crippen MR) is 183 cm³/mol. The third kappa shape index (κ3) is 8.38. The standard InChI is InChI=1S/C37H38N4O4S/c1-2-45-31-18-16-26(17-19-31)22-33(40-35(42)29-8-4-3-5-9-29)36(43)41(21-20-30-25-46-34-11-7-6-10-32(30)34)37(44)39-24-28-14-12-27(23-38)13-15-28/h3-19,25,33H,2,20-24,38H2,1H3,(H,39,44)(H,40,42)/t33-/m1/s1. The van der Waals surface area contributed by atoms with E-state index in [1.54, 1.807) is 35.6 Å². The van der Waals surface area contributed by atoms with E-state index in [1.165, 1.54) is 4.90 Å². The molecule has 5 rings (SSSR count). The lowest BCUT2D eigenvalue weighted by Gasteiger charge is -2.27. The van der Waals surface area contributed by atoms with Crippen LogP contribution in [0.25, 0.3) is 10.1 Å². The summed E-state index contributed by atoms with van der Waals surface area (Å²) in [5.74, 6) is -0.173. The summed E-state index contributed by atoms with van der Waals surface area (Å²) in [5.41, 5.74) is 9.90. The highest BCUT2D eigenvalue weighted by Gasteiger charge is 2.31. The van der Waals surface area contributed by atoms with Crippen LogP contribution in [0.15, 0.2) is 109 Å². The molecule has 4 aromatic carbocycles. The second-order valence-corrected chi connectivity index (χ2v) is 11.8. The molecule has 5 aromatic rings. The van der Waals surface area contributed by atoms with E-state index >= 15 is 0 Å². The minimum Gasteiger partial charge on any atom is -0.494 e. The Kier molecular flexibility index (Phi) is 11.2. The van der Waals surface area contributed by atoms with Gasteiger partial charge in [0.05, 0.1) is 6.61 Å². The Morgan fingerprint density at radius 1 is 0.848 bits per heavy atom. The van der Waals surface area contributed by atoms with Gasteiger partial charge in [-0.25, -0.2) is 4.79 Å². The van der Waals surface area contributed by atoms with Gasteiger partial charge in [0, 0.05) is 36.3 Å². The van der Waals surface area contributed by atoms with Crippen LogP contribution >= 0.6 is 11.3 Å². The Hall–Kier alpha value is -4.99. The summed E-state index contributed by atoms with van der Waals surface area (Å²) in [6, 6.07) is 30.3. The Labute approximate surface area is 273 Å². The van der Waals surface area contributed by atoms with Crippen LogP contribution in [0.4, 0.5) is 4.79 Å². The fourth-order valence-electron chi connectivity index (χ4n) is 5.18. The highest BCUT2D eigenvalue weighted by molar-refractivity contribution is 7.17. The number of amides is 4. The average Bonchev–Trinajstić information content (AvgIpc) is 3.51. The summed E-state index contributed by atoms with van der Waals surface area (Å²) in [7, 11) is 0. The Bertz CT molecular complexity index is 1750. The first-order valence-corrected chi connectivity index (χ1v) is 16.2. The van der Waals surface area contributed by atoms with E-state index in [0.29, 0.717) is 30.9 Å². The topological polar surface area (TPSA) is 114 Å². The quantitative estimate of drug-likeness (QED) is 0.145. The van der Waals surface area contributed by atoms with Crippen LogP contribution in [-0.4, -0.2) is 41.9 Å². The van der Waals surface area contributed by atoms with Crippen LogP contribution in [0.1, 0.15) is 39.5 Å². The van der Waals surface area contributed by atoms with Gasteiger partial charge in [-0.1, -0.05) is 72.8 Å². The third-order valence-corrected chi connectivity index (χ3v) is 8.71. The van der Waals surface area contributed by atoms with Gasteiger partial charge in [-0.3, -0.25) is 14.5 Å². The molecule has 0 aliphatic rings. The van der Waals surface area contributed by atoms with Crippen molar-refractivity contribution in [2.45, 2.75) is 38.9 Å². The number of imide groups is 1. The molecule has 0 aliphatic carbocycles. The van der Waals surface area contributed by atoms with Gasteiger partial charge in [-0.05, 0) is 76.7 Å². The molecule has 46 heavy (non-hydrogen) atoms. The maximum Gasteiger partial charge on any atom is 0.324 e. The van der Waals surface area contributed by atoms with Gasteiger partial charge in [0.2, 0.25) is 0 Å². The maximum absolute atomic E-state index is 14.4. The number of nitrogens with zero attached hydrogens (tertiary/aromatic N) is 1. The Balaban J connectivity index is 1.41. The number of ether oxygens (including phenoxy) is 1. The van der Waals surface area contributed by atoms with E-state index in [2.05, 4.69) is 22.1 Å². The number of carbonyl (C=O) groups excluding carboxylic acids is 3. The maximum atomic E-state index is 14.4. The number of rotatable bonds is 13. The van der Waals surface area contributed by atoms with Crippen LogP contribution in [0.2, 0.25) is 0 Å². The van der Waals surface area contributed by atoms with Gasteiger partial charge in [0.15, 0.2) is 0 Å². The molecule has 1 aromatic heterocycles. The van der Waals surface area contributed by atoms with Crippen LogP contribution in [0.5, 0.6) is 5.75 Å². The number of urea groups is 1. The first-order valence-electron chi connectivity index (χ1n) is 15.3. The summed E-state index contributed by atoms with van der Waals surface area (Å²) in [5, 5.41) is 9.00. The molecular formula is C37H38N4O4S. The lowest BCUT2D eigenvalue weighted by atomic mass is 10.0. The number of hydrogen-bond acceptors (Lipinski definition) is 6. The van der Waals surface area contributed by atoms with Crippen molar-refractivity contribution >= 4 is 39.3 Å². The molecule has 4 N–H and O–H groups in total. The predicted octanol–water partition coefficient (Wildman–Crippen LogP) is 6.08. The minimum atomic E-state index is -1.00. The fourth-order valence-corrected chi connectivity index (χ4v) is 6.18. The summed E-state index contributed by atoms with van der Waals surface area (Å²) in [6.07, 6.45) is 0.659. The first-order chi connectivity index (χ1) is 22.4. The number of hydrogen-bond donors (Lipinski definition) is 3. The number of nitrogens with one attached hydrogen (secondary N) is 2. The molecule has 236 valence electrons. The summed E-state index contributed by atoms with van der Waals surface area (Å²) in [4.78, 5) is 42.7. The van der Waals surface area contributed by atoms with E-state index in [0.717, 1.165) is 32.3 Å². The molecule has 0 bridgehead atoms. The first kappa shape index (κ1) is 32.4. The largest absolute Gasteiger partial charge is 0.494 e. The second-order valence-electron chi connectivity index (χ2n) is 10.8. The highest BCUT2D eigenvalue weighted by atomic mass is 32.1. The second kappa shape index (κ2) is 15.8. The Morgan fingerprint density at radius 2 is 1.52 bits per heavy atom.